The molecule has 1 aromatic rings. The topological polar surface area (TPSA) is 47.3 Å². The van der Waals surface area contributed by atoms with Crippen molar-refractivity contribution in [1.29, 1.82) is 5.26 Å². The third kappa shape index (κ3) is 2.69. The molecular weight excluding hydrogens is 200 g/mol. The van der Waals surface area contributed by atoms with E-state index in [1.807, 2.05) is 18.2 Å². The summed E-state index contributed by atoms with van der Waals surface area (Å²) in [7, 11) is 0. The molecule has 1 heterocycles. The number of aliphatic hydroxyl groups excluding tert-OH is 1. The average Bonchev–Trinajstić information content (AvgIpc) is 2.29. The molecule has 1 aromatic carbocycles. The first-order valence-corrected chi connectivity index (χ1v) is 5.33. The predicted molar refractivity (Wildman–Crippen MR) is 61.4 cm³/mol. The molecule has 82 valence electrons. The lowest BCUT2D eigenvalue weighted by Gasteiger charge is -2.27. The number of rotatable bonds is 2. The van der Waals surface area contributed by atoms with Crippen LogP contribution in [-0.2, 0) is 6.54 Å². The van der Waals surface area contributed by atoms with Crippen molar-refractivity contribution in [2.75, 3.05) is 13.1 Å². The number of nitriles is 1. The van der Waals surface area contributed by atoms with E-state index in [9.17, 15) is 5.11 Å². The van der Waals surface area contributed by atoms with Crippen molar-refractivity contribution in [3.05, 3.63) is 47.5 Å². The molecule has 1 aliphatic rings. The molecule has 0 aromatic heterocycles. The molecule has 0 bridgehead atoms. The van der Waals surface area contributed by atoms with Crippen LogP contribution in [0.3, 0.4) is 0 Å². The van der Waals surface area contributed by atoms with Gasteiger partial charge in [0.2, 0.25) is 0 Å². The van der Waals surface area contributed by atoms with Gasteiger partial charge in [-0.3, -0.25) is 4.90 Å². The van der Waals surface area contributed by atoms with Crippen LogP contribution in [0.25, 0.3) is 0 Å². The smallest absolute Gasteiger partial charge is 0.0958 e. The SMILES string of the molecule is N#CC1=CC(O)CN(Cc2ccccc2)C1. The highest BCUT2D eigenvalue weighted by Gasteiger charge is 2.18. The molecule has 16 heavy (non-hydrogen) atoms. The second-order valence-electron chi connectivity index (χ2n) is 4.03. The van der Waals surface area contributed by atoms with E-state index in [-0.39, 0.29) is 0 Å². The number of benzene rings is 1. The molecule has 0 radical (unpaired) electrons. The Hall–Kier alpha value is -1.63. The molecular formula is C13H14N2O. The van der Waals surface area contributed by atoms with Gasteiger partial charge >= 0.3 is 0 Å². The van der Waals surface area contributed by atoms with E-state index in [1.165, 1.54) is 5.56 Å². The van der Waals surface area contributed by atoms with Gasteiger partial charge in [0.05, 0.1) is 12.2 Å². The Balaban J connectivity index is 2.03. The van der Waals surface area contributed by atoms with Crippen molar-refractivity contribution in [2.24, 2.45) is 0 Å². The van der Waals surface area contributed by atoms with Gasteiger partial charge in [-0.2, -0.15) is 5.26 Å². The lowest BCUT2D eigenvalue weighted by molar-refractivity contribution is 0.137. The second kappa shape index (κ2) is 4.93. The number of aliphatic hydroxyl groups is 1. The molecule has 0 saturated heterocycles. The summed E-state index contributed by atoms with van der Waals surface area (Å²) in [5.41, 5.74) is 1.85. The average molecular weight is 214 g/mol. The first-order valence-electron chi connectivity index (χ1n) is 5.33. The largest absolute Gasteiger partial charge is 0.388 e. The van der Waals surface area contributed by atoms with Gasteiger partial charge < -0.3 is 5.11 Å². The highest BCUT2D eigenvalue weighted by molar-refractivity contribution is 5.26. The summed E-state index contributed by atoms with van der Waals surface area (Å²) in [6.45, 7) is 2.00. The maximum Gasteiger partial charge on any atom is 0.0958 e. The zero-order chi connectivity index (χ0) is 11.4. The summed E-state index contributed by atoms with van der Waals surface area (Å²) in [5, 5.41) is 18.4. The van der Waals surface area contributed by atoms with E-state index in [0.29, 0.717) is 18.7 Å². The fourth-order valence-corrected chi connectivity index (χ4v) is 1.94. The van der Waals surface area contributed by atoms with E-state index >= 15 is 0 Å². The van der Waals surface area contributed by atoms with Crippen molar-refractivity contribution in [1.82, 2.24) is 4.90 Å². The molecule has 3 heteroatoms. The van der Waals surface area contributed by atoms with Gasteiger partial charge in [-0.25, -0.2) is 0 Å². The van der Waals surface area contributed by atoms with Gasteiger partial charge in [-0.15, -0.1) is 0 Å². The fourth-order valence-electron chi connectivity index (χ4n) is 1.94. The summed E-state index contributed by atoms with van der Waals surface area (Å²) in [4.78, 5) is 2.08. The minimum absolute atomic E-state index is 0.521. The molecule has 0 saturated carbocycles. The van der Waals surface area contributed by atoms with Crippen molar-refractivity contribution in [3.8, 4) is 6.07 Å². The van der Waals surface area contributed by atoms with Crippen LogP contribution >= 0.6 is 0 Å². The third-order valence-electron chi connectivity index (χ3n) is 2.63. The van der Waals surface area contributed by atoms with Gasteiger partial charge in [0.25, 0.3) is 0 Å². The molecule has 3 nitrogen and oxygen atoms in total. The van der Waals surface area contributed by atoms with Crippen LogP contribution in [-0.4, -0.2) is 29.2 Å². The Morgan fingerprint density at radius 1 is 1.38 bits per heavy atom. The molecule has 1 atom stereocenters. The molecule has 1 unspecified atom stereocenters. The van der Waals surface area contributed by atoms with Crippen LogP contribution in [0.1, 0.15) is 5.56 Å². The van der Waals surface area contributed by atoms with Crippen LogP contribution in [0.15, 0.2) is 42.0 Å². The van der Waals surface area contributed by atoms with Crippen LogP contribution in [0.2, 0.25) is 0 Å². The maximum atomic E-state index is 9.59. The highest BCUT2D eigenvalue weighted by Crippen LogP contribution is 2.13. The van der Waals surface area contributed by atoms with Crippen molar-refractivity contribution in [2.45, 2.75) is 12.6 Å². The highest BCUT2D eigenvalue weighted by atomic mass is 16.3. The number of nitrogens with zero attached hydrogens (tertiary/aromatic N) is 2. The van der Waals surface area contributed by atoms with E-state index in [2.05, 4.69) is 23.1 Å². The molecule has 0 aliphatic carbocycles. The van der Waals surface area contributed by atoms with E-state index in [4.69, 9.17) is 5.26 Å². The van der Waals surface area contributed by atoms with Crippen molar-refractivity contribution < 1.29 is 5.11 Å². The summed E-state index contributed by atoms with van der Waals surface area (Å²) in [6, 6.07) is 12.2. The normalized spacial score (nSPS) is 21.2. The summed E-state index contributed by atoms with van der Waals surface area (Å²) in [5.74, 6) is 0. The standard InChI is InChI=1S/C13H14N2O/c14-7-12-6-13(16)10-15(9-12)8-11-4-2-1-3-5-11/h1-6,13,16H,8-10H2. The number of hydrogen-bond acceptors (Lipinski definition) is 3. The third-order valence-corrected chi connectivity index (χ3v) is 2.63. The predicted octanol–water partition coefficient (Wildman–Crippen LogP) is 1.31. The summed E-state index contributed by atoms with van der Waals surface area (Å²) in [6.07, 6.45) is 1.12. The quantitative estimate of drug-likeness (QED) is 0.807. The van der Waals surface area contributed by atoms with Gasteiger partial charge in [-0.05, 0) is 11.6 Å². The van der Waals surface area contributed by atoms with Crippen LogP contribution < -0.4 is 0 Å². The lowest BCUT2D eigenvalue weighted by atomic mass is 10.1. The van der Waals surface area contributed by atoms with Crippen molar-refractivity contribution in [3.63, 3.8) is 0 Å². The lowest BCUT2D eigenvalue weighted by Crippen LogP contribution is -2.36. The monoisotopic (exact) mass is 214 g/mol. The molecule has 0 fully saturated rings. The van der Waals surface area contributed by atoms with Gasteiger partial charge in [-0.1, -0.05) is 30.3 Å². The van der Waals surface area contributed by atoms with Gasteiger partial charge in [0.15, 0.2) is 0 Å². The molecule has 1 aliphatic heterocycles. The van der Waals surface area contributed by atoms with E-state index < -0.39 is 6.10 Å². The molecule has 0 amide bonds. The summed E-state index contributed by atoms with van der Waals surface area (Å²) >= 11 is 0. The minimum Gasteiger partial charge on any atom is -0.388 e. The first kappa shape index (κ1) is 10.9. The Morgan fingerprint density at radius 2 is 2.12 bits per heavy atom. The molecule has 1 N–H and O–H groups in total. The fraction of sp³-hybridized carbons (Fsp3) is 0.308. The maximum absolute atomic E-state index is 9.59. The molecule has 0 spiro atoms. The zero-order valence-electron chi connectivity index (χ0n) is 9.00. The minimum atomic E-state index is -0.521. The second-order valence-corrected chi connectivity index (χ2v) is 4.03. The van der Waals surface area contributed by atoms with Gasteiger partial charge in [0, 0.05) is 25.2 Å². The van der Waals surface area contributed by atoms with Crippen molar-refractivity contribution >= 4 is 0 Å². The van der Waals surface area contributed by atoms with E-state index in [0.717, 1.165) is 6.54 Å². The Kier molecular flexibility index (Phi) is 3.35. The first-order chi connectivity index (χ1) is 7.78. The van der Waals surface area contributed by atoms with Crippen LogP contribution in [0.5, 0.6) is 0 Å². The summed E-state index contributed by atoms with van der Waals surface area (Å²) < 4.78 is 0. The Bertz CT molecular complexity index is 419. The van der Waals surface area contributed by atoms with Gasteiger partial charge in [0.1, 0.15) is 0 Å². The van der Waals surface area contributed by atoms with Crippen LogP contribution in [0.4, 0.5) is 0 Å². The number of β-amino-alcohol motifs (C(OH)–C–C–N with tert-alkyl or cyclic N) is 1. The Morgan fingerprint density at radius 3 is 2.81 bits per heavy atom. The van der Waals surface area contributed by atoms with E-state index in [1.54, 1.807) is 6.08 Å². The zero-order valence-corrected chi connectivity index (χ0v) is 9.00. The van der Waals surface area contributed by atoms with Crippen LogP contribution in [0, 0.1) is 11.3 Å². The number of hydrogen-bond donors (Lipinski definition) is 1. The Labute approximate surface area is 95.2 Å². The molecule has 2 rings (SSSR count).